The average Bonchev–Trinajstić information content (AvgIpc) is 2.68. The monoisotopic (exact) mass is 376 g/mol. The van der Waals surface area contributed by atoms with Crippen LogP contribution in [-0.4, -0.2) is 22.3 Å². The molecule has 0 aliphatic heterocycles. The molecule has 1 N–H and O–H groups in total. The van der Waals surface area contributed by atoms with E-state index in [-0.39, 0.29) is 11.6 Å². The van der Waals surface area contributed by atoms with E-state index in [1.165, 1.54) is 13.8 Å². The Kier molecular flexibility index (Phi) is 5.59. The van der Waals surface area contributed by atoms with Crippen LogP contribution in [0.1, 0.15) is 40.1 Å². The highest BCUT2D eigenvalue weighted by Gasteiger charge is 2.24. The van der Waals surface area contributed by atoms with Gasteiger partial charge in [0.15, 0.2) is 11.6 Å². The maximum atomic E-state index is 12.4. The molecule has 136 valence electrons. The third-order valence-corrected chi connectivity index (χ3v) is 5.08. The number of carbonyl (C=O) groups is 2. The Balaban J connectivity index is 1.70. The Morgan fingerprint density at radius 2 is 1.15 bits per heavy atom. The van der Waals surface area contributed by atoms with Gasteiger partial charge in [-0.05, 0) is 50.2 Å². The van der Waals surface area contributed by atoms with Gasteiger partial charge in [-0.1, -0.05) is 54.2 Å². The van der Waals surface area contributed by atoms with Crippen molar-refractivity contribution >= 4 is 23.3 Å². The molecule has 3 aromatic rings. The SMILES string of the molecule is CC(C)(O)C(=O)c1ccc(Sc2ccc(C(=O)c3ccccc3)cc2)cc1. The molecule has 0 atom stereocenters. The van der Waals surface area contributed by atoms with Gasteiger partial charge >= 0.3 is 0 Å². The molecule has 0 radical (unpaired) electrons. The largest absolute Gasteiger partial charge is 0.382 e. The quantitative estimate of drug-likeness (QED) is 0.614. The molecule has 4 heteroatoms. The lowest BCUT2D eigenvalue weighted by Crippen LogP contribution is -2.30. The van der Waals surface area contributed by atoms with Gasteiger partial charge in [0.25, 0.3) is 0 Å². The van der Waals surface area contributed by atoms with Gasteiger partial charge in [0.2, 0.25) is 0 Å². The molecule has 3 aromatic carbocycles. The smallest absolute Gasteiger partial charge is 0.193 e. The van der Waals surface area contributed by atoms with Gasteiger partial charge < -0.3 is 5.11 Å². The normalized spacial score (nSPS) is 11.2. The first-order chi connectivity index (χ1) is 12.8. The van der Waals surface area contributed by atoms with Crippen molar-refractivity contribution in [2.75, 3.05) is 0 Å². The minimum absolute atomic E-state index is 0.00151. The lowest BCUT2D eigenvalue weighted by Gasteiger charge is -2.15. The highest BCUT2D eigenvalue weighted by Crippen LogP contribution is 2.29. The average molecular weight is 376 g/mol. The Bertz CT molecular complexity index is 938. The van der Waals surface area contributed by atoms with E-state index >= 15 is 0 Å². The molecule has 0 amide bonds. The molecule has 0 spiro atoms. The van der Waals surface area contributed by atoms with Gasteiger partial charge in [-0.3, -0.25) is 9.59 Å². The highest BCUT2D eigenvalue weighted by atomic mass is 32.2. The van der Waals surface area contributed by atoms with Crippen LogP contribution >= 0.6 is 11.8 Å². The molecule has 0 saturated heterocycles. The van der Waals surface area contributed by atoms with Gasteiger partial charge in [-0.15, -0.1) is 0 Å². The minimum Gasteiger partial charge on any atom is -0.382 e. The van der Waals surface area contributed by atoms with E-state index in [2.05, 4.69) is 0 Å². The summed E-state index contributed by atoms with van der Waals surface area (Å²) < 4.78 is 0. The summed E-state index contributed by atoms with van der Waals surface area (Å²) >= 11 is 1.55. The second-order valence-electron chi connectivity index (χ2n) is 6.73. The number of ketones is 2. The van der Waals surface area contributed by atoms with E-state index in [1.807, 2.05) is 66.7 Å². The van der Waals surface area contributed by atoms with Gasteiger partial charge in [0.1, 0.15) is 5.60 Å². The van der Waals surface area contributed by atoms with Gasteiger partial charge in [0, 0.05) is 26.5 Å². The summed E-state index contributed by atoms with van der Waals surface area (Å²) in [5.74, 6) is -0.301. The summed E-state index contributed by atoms with van der Waals surface area (Å²) in [5, 5.41) is 9.81. The fourth-order valence-corrected chi connectivity index (χ4v) is 3.41. The standard InChI is InChI=1S/C23H20O3S/c1-23(2,26)22(25)18-10-14-20(15-11-18)27-19-12-8-17(9-13-19)21(24)16-6-4-3-5-7-16/h3-15,26H,1-2H3. The number of Topliss-reactive ketones (excluding diaryl/α,β-unsaturated/α-hetero) is 1. The van der Waals surface area contributed by atoms with Crippen LogP contribution in [0.15, 0.2) is 88.7 Å². The summed E-state index contributed by atoms with van der Waals surface area (Å²) in [6, 6.07) is 23.8. The molecule has 0 bridgehead atoms. The van der Waals surface area contributed by atoms with E-state index in [1.54, 1.807) is 23.9 Å². The summed E-state index contributed by atoms with van der Waals surface area (Å²) in [4.78, 5) is 26.5. The Hall–Kier alpha value is -2.69. The van der Waals surface area contributed by atoms with E-state index in [9.17, 15) is 14.7 Å². The Morgan fingerprint density at radius 3 is 1.63 bits per heavy atom. The number of aliphatic hydroxyl groups is 1. The molecule has 27 heavy (non-hydrogen) atoms. The highest BCUT2D eigenvalue weighted by molar-refractivity contribution is 7.99. The zero-order chi connectivity index (χ0) is 19.4. The first kappa shape index (κ1) is 19.1. The molecule has 0 heterocycles. The second-order valence-corrected chi connectivity index (χ2v) is 7.88. The zero-order valence-electron chi connectivity index (χ0n) is 15.2. The lowest BCUT2D eigenvalue weighted by atomic mass is 9.97. The third kappa shape index (κ3) is 4.73. The van der Waals surface area contributed by atoms with Crippen molar-refractivity contribution in [1.82, 2.24) is 0 Å². The van der Waals surface area contributed by atoms with Crippen LogP contribution in [0.25, 0.3) is 0 Å². The van der Waals surface area contributed by atoms with Gasteiger partial charge in [0.05, 0.1) is 0 Å². The van der Waals surface area contributed by atoms with Crippen LogP contribution in [0.3, 0.4) is 0 Å². The van der Waals surface area contributed by atoms with Crippen LogP contribution in [0, 0.1) is 0 Å². The second kappa shape index (κ2) is 7.91. The van der Waals surface area contributed by atoms with Crippen LogP contribution in [-0.2, 0) is 0 Å². The Morgan fingerprint density at radius 1 is 0.704 bits per heavy atom. The van der Waals surface area contributed by atoms with Crippen LogP contribution in [0.4, 0.5) is 0 Å². The summed E-state index contributed by atoms with van der Waals surface area (Å²) in [7, 11) is 0. The topological polar surface area (TPSA) is 54.4 Å². The van der Waals surface area contributed by atoms with E-state index < -0.39 is 5.60 Å². The summed E-state index contributed by atoms with van der Waals surface area (Å²) in [5.41, 5.74) is 0.424. The van der Waals surface area contributed by atoms with Crippen molar-refractivity contribution in [2.24, 2.45) is 0 Å². The number of benzene rings is 3. The minimum atomic E-state index is -1.38. The van der Waals surface area contributed by atoms with E-state index in [0.29, 0.717) is 16.7 Å². The van der Waals surface area contributed by atoms with Crippen LogP contribution in [0.2, 0.25) is 0 Å². The number of hydrogen-bond acceptors (Lipinski definition) is 4. The fraction of sp³-hybridized carbons (Fsp3) is 0.130. The van der Waals surface area contributed by atoms with Crippen molar-refractivity contribution in [2.45, 2.75) is 29.2 Å². The van der Waals surface area contributed by atoms with Crippen molar-refractivity contribution in [3.63, 3.8) is 0 Å². The molecule has 0 saturated carbocycles. The van der Waals surface area contributed by atoms with Crippen LogP contribution in [0.5, 0.6) is 0 Å². The van der Waals surface area contributed by atoms with Crippen molar-refractivity contribution in [3.8, 4) is 0 Å². The van der Waals surface area contributed by atoms with Gasteiger partial charge in [-0.2, -0.15) is 0 Å². The molecular weight excluding hydrogens is 356 g/mol. The first-order valence-corrected chi connectivity index (χ1v) is 9.41. The zero-order valence-corrected chi connectivity index (χ0v) is 16.0. The van der Waals surface area contributed by atoms with Crippen molar-refractivity contribution < 1.29 is 14.7 Å². The molecule has 0 aromatic heterocycles. The number of hydrogen-bond donors (Lipinski definition) is 1. The Labute approximate surface area is 163 Å². The summed E-state index contributed by atoms with van der Waals surface area (Å²) in [6.07, 6.45) is 0. The fourth-order valence-electron chi connectivity index (χ4n) is 2.59. The predicted molar refractivity (Wildman–Crippen MR) is 108 cm³/mol. The lowest BCUT2D eigenvalue weighted by molar-refractivity contribution is 0.0488. The maximum absolute atomic E-state index is 12.4. The first-order valence-electron chi connectivity index (χ1n) is 8.59. The third-order valence-electron chi connectivity index (χ3n) is 4.06. The molecular formula is C23H20O3S. The predicted octanol–water partition coefficient (Wildman–Crippen LogP) is 5.02. The van der Waals surface area contributed by atoms with E-state index in [4.69, 9.17) is 0 Å². The molecule has 0 unspecified atom stereocenters. The molecule has 3 rings (SSSR count). The molecule has 0 aliphatic carbocycles. The molecule has 0 fully saturated rings. The number of rotatable bonds is 6. The van der Waals surface area contributed by atoms with E-state index in [0.717, 1.165) is 9.79 Å². The molecule has 0 aliphatic rings. The van der Waals surface area contributed by atoms with Crippen LogP contribution < -0.4 is 0 Å². The van der Waals surface area contributed by atoms with Gasteiger partial charge in [-0.25, -0.2) is 0 Å². The van der Waals surface area contributed by atoms with Crippen molar-refractivity contribution in [3.05, 3.63) is 95.6 Å². The molecule has 3 nitrogen and oxygen atoms in total. The number of carbonyl (C=O) groups excluding carboxylic acids is 2. The summed E-state index contributed by atoms with van der Waals surface area (Å²) in [6.45, 7) is 2.96. The van der Waals surface area contributed by atoms with Crippen molar-refractivity contribution in [1.29, 1.82) is 0 Å². The maximum Gasteiger partial charge on any atom is 0.193 e.